The van der Waals surface area contributed by atoms with Gasteiger partial charge in [-0.1, -0.05) is 39.7 Å². The minimum absolute atomic E-state index is 0.162. The molecule has 1 aromatic heterocycles. The smallest absolute Gasteiger partial charge is 0.126 e. The molecule has 106 valence electrons. The van der Waals surface area contributed by atoms with Gasteiger partial charge in [0.25, 0.3) is 0 Å². The third kappa shape index (κ3) is 3.85. The molecule has 1 aromatic rings. The van der Waals surface area contributed by atoms with Gasteiger partial charge in [0, 0.05) is 18.1 Å². The lowest BCUT2D eigenvalue weighted by atomic mass is 9.85. The first-order chi connectivity index (χ1) is 9.00. The highest BCUT2D eigenvalue weighted by atomic mass is 35.5. The minimum Gasteiger partial charge on any atom is -0.367 e. The molecule has 0 aliphatic heterocycles. The van der Waals surface area contributed by atoms with Crippen LogP contribution in [0.2, 0.25) is 0 Å². The molecule has 1 heterocycles. The van der Waals surface area contributed by atoms with E-state index in [1.165, 1.54) is 31.2 Å². The molecule has 19 heavy (non-hydrogen) atoms. The van der Waals surface area contributed by atoms with Crippen LogP contribution in [0.5, 0.6) is 0 Å². The molecule has 2 atom stereocenters. The maximum atomic E-state index is 6.07. The van der Waals surface area contributed by atoms with E-state index in [9.17, 15) is 0 Å². The van der Waals surface area contributed by atoms with E-state index in [4.69, 9.17) is 11.6 Å². The summed E-state index contributed by atoms with van der Waals surface area (Å²) in [5, 5.41) is 3.56. The molecule has 0 spiro atoms. The Morgan fingerprint density at radius 2 is 2.00 bits per heavy atom. The van der Waals surface area contributed by atoms with Crippen molar-refractivity contribution in [2.75, 3.05) is 11.2 Å². The summed E-state index contributed by atoms with van der Waals surface area (Å²) in [7, 11) is 0. The molecule has 1 N–H and O–H groups in total. The second kappa shape index (κ2) is 6.13. The molecule has 1 aliphatic rings. The number of rotatable bonds is 3. The SMILES string of the molecule is CC(C)(C)c1ccc(NC2CCCCC2CCl)nc1. The van der Waals surface area contributed by atoms with Gasteiger partial charge in [0.05, 0.1) is 0 Å². The van der Waals surface area contributed by atoms with Crippen LogP contribution < -0.4 is 5.32 Å². The number of aromatic nitrogens is 1. The summed E-state index contributed by atoms with van der Waals surface area (Å²) < 4.78 is 0. The molecule has 1 fully saturated rings. The lowest BCUT2D eigenvalue weighted by Gasteiger charge is -2.31. The maximum absolute atomic E-state index is 6.07. The Bertz CT molecular complexity index is 394. The zero-order valence-corrected chi connectivity index (χ0v) is 13.0. The van der Waals surface area contributed by atoms with Crippen molar-refractivity contribution in [3.63, 3.8) is 0 Å². The van der Waals surface area contributed by atoms with Crippen molar-refractivity contribution in [3.8, 4) is 0 Å². The van der Waals surface area contributed by atoms with Crippen LogP contribution in [0.4, 0.5) is 5.82 Å². The van der Waals surface area contributed by atoms with Crippen LogP contribution in [-0.2, 0) is 5.41 Å². The van der Waals surface area contributed by atoms with Gasteiger partial charge in [-0.3, -0.25) is 0 Å². The first-order valence-corrected chi connectivity index (χ1v) is 7.83. The predicted molar refractivity (Wildman–Crippen MR) is 83.0 cm³/mol. The van der Waals surface area contributed by atoms with Crippen LogP contribution in [-0.4, -0.2) is 16.9 Å². The molecule has 0 radical (unpaired) electrons. The molecule has 2 rings (SSSR count). The summed E-state index contributed by atoms with van der Waals surface area (Å²) in [5.41, 5.74) is 1.44. The molecule has 0 bridgehead atoms. The second-order valence-electron chi connectivity index (χ2n) is 6.63. The summed E-state index contributed by atoms with van der Waals surface area (Å²) in [6, 6.07) is 4.76. The van der Waals surface area contributed by atoms with Crippen LogP contribution >= 0.6 is 11.6 Å². The molecule has 1 saturated carbocycles. The molecule has 3 heteroatoms. The topological polar surface area (TPSA) is 24.9 Å². The van der Waals surface area contributed by atoms with Crippen molar-refractivity contribution in [2.24, 2.45) is 5.92 Å². The summed E-state index contributed by atoms with van der Waals surface area (Å²) in [6.45, 7) is 6.63. The molecule has 2 nitrogen and oxygen atoms in total. The van der Waals surface area contributed by atoms with Crippen molar-refractivity contribution in [2.45, 2.75) is 57.9 Å². The van der Waals surface area contributed by atoms with E-state index in [-0.39, 0.29) is 5.41 Å². The van der Waals surface area contributed by atoms with E-state index < -0.39 is 0 Å². The zero-order chi connectivity index (χ0) is 13.9. The van der Waals surface area contributed by atoms with E-state index in [0.29, 0.717) is 12.0 Å². The third-order valence-corrected chi connectivity index (χ3v) is 4.47. The van der Waals surface area contributed by atoms with E-state index >= 15 is 0 Å². The quantitative estimate of drug-likeness (QED) is 0.819. The Morgan fingerprint density at radius 3 is 2.58 bits per heavy atom. The summed E-state index contributed by atoms with van der Waals surface area (Å²) in [6.07, 6.45) is 7.04. The van der Waals surface area contributed by atoms with Gasteiger partial charge in [0.15, 0.2) is 0 Å². The molecular weight excluding hydrogens is 256 g/mol. The molecule has 0 saturated heterocycles. The summed E-state index contributed by atoms with van der Waals surface area (Å²) >= 11 is 6.07. The predicted octanol–water partition coefficient (Wildman–Crippen LogP) is 4.59. The largest absolute Gasteiger partial charge is 0.367 e. The van der Waals surface area contributed by atoms with Gasteiger partial charge in [-0.05, 0) is 35.8 Å². The van der Waals surface area contributed by atoms with E-state index in [1.54, 1.807) is 0 Å². The van der Waals surface area contributed by atoms with Crippen molar-refractivity contribution >= 4 is 17.4 Å². The highest BCUT2D eigenvalue weighted by Crippen LogP contribution is 2.28. The van der Waals surface area contributed by atoms with Crippen LogP contribution in [0.25, 0.3) is 0 Å². The minimum atomic E-state index is 0.162. The number of anilines is 1. The fourth-order valence-electron chi connectivity index (χ4n) is 2.70. The Kier molecular flexibility index (Phi) is 4.72. The highest BCUT2D eigenvalue weighted by molar-refractivity contribution is 6.18. The van der Waals surface area contributed by atoms with Crippen molar-refractivity contribution in [3.05, 3.63) is 23.9 Å². The normalized spacial score (nSPS) is 24.2. The van der Waals surface area contributed by atoms with Gasteiger partial charge >= 0.3 is 0 Å². The lowest BCUT2D eigenvalue weighted by molar-refractivity contribution is 0.352. The standard InChI is InChI=1S/C16H25ClN2/c1-16(2,3)13-8-9-15(18-11-13)19-14-7-5-4-6-12(14)10-17/h8-9,11-12,14H,4-7,10H2,1-3H3,(H,18,19). The second-order valence-corrected chi connectivity index (χ2v) is 6.94. The fourth-order valence-corrected chi connectivity index (χ4v) is 3.06. The monoisotopic (exact) mass is 280 g/mol. The Hall–Kier alpha value is -0.760. The van der Waals surface area contributed by atoms with Crippen molar-refractivity contribution in [1.82, 2.24) is 4.98 Å². The van der Waals surface area contributed by atoms with E-state index in [1.807, 2.05) is 6.20 Å². The average Bonchev–Trinajstić information content (AvgIpc) is 2.39. The molecule has 2 unspecified atom stereocenters. The number of pyridine rings is 1. The number of hydrogen-bond acceptors (Lipinski definition) is 2. The Morgan fingerprint density at radius 1 is 1.26 bits per heavy atom. The first kappa shape index (κ1) is 14.6. The Labute approximate surface area is 122 Å². The van der Waals surface area contributed by atoms with Crippen LogP contribution in [0.3, 0.4) is 0 Å². The Balaban J connectivity index is 2.02. The van der Waals surface area contributed by atoms with Gasteiger partial charge in [-0.25, -0.2) is 4.98 Å². The molecule has 1 aliphatic carbocycles. The number of nitrogens with zero attached hydrogens (tertiary/aromatic N) is 1. The number of hydrogen-bond donors (Lipinski definition) is 1. The fraction of sp³-hybridized carbons (Fsp3) is 0.688. The van der Waals surface area contributed by atoms with Crippen molar-refractivity contribution in [1.29, 1.82) is 0 Å². The van der Waals surface area contributed by atoms with Gasteiger partial charge in [-0.15, -0.1) is 11.6 Å². The van der Waals surface area contributed by atoms with Gasteiger partial charge in [0.1, 0.15) is 5.82 Å². The van der Waals surface area contributed by atoms with Crippen LogP contribution in [0.15, 0.2) is 18.3 Å². The number of nitrogens with one attached hydrogen (secondary N) is 1. The third-order valence-electron chi connectivity index (χ3n) is 4.07. The van der Waals surface area contributed by atoms with Gasteiger partial charge < -0.3 is 5.32 Å². The van der Waals surface area contributed by atoms with E-state index in [0.717, 1.165) is 11.7 Å². The molecular formula is C16H25ClN2. The highest BCUT2D eigenvalue weighted by Gasteiger charge is 2.24. The van der Waals surface area contributed by atoms with Crippen molar-refractivity contribution < 1.29 is 0 Å². The van der Waals surface area contributed by atoms with Gasteiger partial charge in [-0.2, -0.15) is 0 Å². The maximum Gasteiger partial charge on any atom is 0.126 e. The van der Waals surface area contributed by atoms with Gasteiger partial charge in [0.2, 0.25) is 0 Å². The zero-order valence-electron chi connectivity index (χ0n) is 12.2. The lowest BCUT2D eigenvalue weighted by Crippen LogP contribution is -2.33. The number of halogens is 1. The average molecular weight is 281 g/mol. The molecule has 0 aromatic carbocycles. The van der Waals surface area contributed by atoms with Crippen LogP contribution in [0, 0.1) is 5.92 Å². The van der Waals surface area contributed by atoms with E-state index in [2.05, 4.69) is 43.2 Å². The first-order valence-electron chi connectivity index (χ1n) is 7.30. The summed E-state index contributed by atoms with van der Waals surface area (Å²) in [5.74, 6) is 2.31. The summed E-state index contributed by atoms with van der Waals surface area (Å²) in [4.78, 5) is 4.55. The number of alkyl halides is 1. The molecule has 0 amide bonds. The van der Waals surface area contributed by atoms with Crippen LogP contribution in [0.1, 0.15) is 52.0 Å².